The van der Waals surface area contributed by atoms with E-state index in [1.807, 2.05) is 0 Å². The Kier molecular flexibility index (Phi) is 10.1. The predicted molar refractivity (Wildman–Crippen MR) is 148 cm³/mol. The third kappa shape index (κ3) is 7.19. The number of rotatable bonds is 11. The highest BCUT2D eigenvalue weighted by Crippen LogP contribution is 2.47. The number of carbonyl (C=O) groups excluding carboxylic acids is 2. The molecule has 15 heteroatoms. The van der Waals surface area contributed by atoms with Crippen molar-refractivity contribution < 1.29 is 54.5 Å². The van der Waals surface area contributed by atoms with E-state index >= 15 is 0 Å². The Labute approximate surface area is 246 Å². The molecule has 1 aromatic heterocycles. The Bertz CT molecular complexity index is 1360. The number of hydrogen-bond donors (Lipinski definition) is 8. The van der Waals surface area contributed by atoms with Crippen molar-refractivity contribution in [3.8, 4) is 11.5 Å². The molecule has 2 aromatic rings. The van der Waals surface area contributed by atoms with Crippen LogP contribution in [0.2, 0.25) is 0 Å². The maximum atomic E-state index is 13.2. The number of nitrogens with one attached hydrogen (secondary N) is 2. The molecule has 2 aliphatic heterocycles. The third-order valence-electron chi connectivity index (χ3n) is 7.50. The van der Waals surface area contributed by atoms with Crippen molar-refractivity contribution in [2.45, 2.75) is 82.2 Å². The highest BCUT2D eigenvalue weighted by Gasteiger charge is 2.47. The average molecular weight is 605 g/mol. The van der Waals surface area contributed by atoms with Gasteiger partial charge in [-0.05, 0) is 25.5 Å². The number of carbonyl (C=O) groups is 3. The van der Waals surface area contributed by atoms with Gasteiger partial charge in [0.2, 0.25) is 5.91 Å². The number of aromatic nitrogens is 2. The number of carboxylic acid groups (broad SMARTS) is 1. The molecule has 7 unspecified atom stereocenters. The van der Waals surface area contributed by atoms with Crippen LogP contribution in [-0.2, 0) is 20.7 Å². The second-order valence-electron chi connectivity index (χ2n) is 10.8. The summed E-state index contributed by atoms with van der Waals surface area (Å²) in [6.07, 6.45) is -5.40. The fourth-order valence-corrected chi connectivity index (χ4v) is 5.33. The molecule has 15 nitrogen and oxygen atoms in total. The fraction of sp³-hybridized carbons (Fsp3) is 0.536. The van der Waals surface area contributed by atoms with Crippen molar-refractivity contribution >= 4 is 23.4 Å². The Morgan fingerprint density at radius 2 is 1.98 bits per heavy atom. The van der Waals surface area contributed by atoms with Gasteiger partial charge in [-0.25, -0.2) is 9.78 Å². The van der Waals surface area contributed by atoms with Crippen molar-refractivity contribution in [2.75, 3.05) is 13.2 Å². The first-order chi connectivity index (χ1) is 20.4. The monoisotopic (exact) mass is 604 g/mol. The van der Waals surface area contributed by atoms with E-state index in [0.717, 1.165) is 0 Å². The molecule has 43 heavy (non-hydrogen) atoms. The molecule has 0 bridgehead atoms. The minimum Gasteiger partial charge on any atom is -0.507 e. The molecule has 1 fully saturated rings. The van der Waals surface area contributed by atoms with Gasteiger partial charge >= 0.3 is 5.97 Å². The summed E-state index contributed by atoms with van der Waals surface area (Å²) in [6.45, 7) is 2.68. The lowest BCUT2D eigenvalue weighted by Crippen LogP contribution is -2.55. The predicted octanol–water partition coefficient (Wildman–Crippen LogP) is -0.674. The molecule has 2 aliphatic rings. The zero-order valence-electron chi connectivity index (χ0n) is 23.6. The van der Waals surface area contributed by atoms with Gasteiger partial charge in [-0.1, -0.05) is 0 Å². The van der Waals surface area contributed by atoms with Gasteiger partial charge in [0.1, 0.15) is 54.2 Å². The fourth-order valence-electron chi connectivity index (χ4n) is 5.33. The second-order valence-corrected chi connectivity index (χ2v) is 10.8. The van der Waals surface area contributed by atoms with E-state index in [9.17, 15) is 45.0 Å². The molecular weight excluding hydrogens is 568 g/mol. The molecule has 0 saturated carbocycles. The number of aromatic amines is 1. The standard InChI is InChI=1S/C28H36N4O11/c1-12-5-17(34)22(27-25(39)24(38)23(37)19(10-33)43-27)26-21(12)18(35)8-15(42-26)6-13(2)30-4-3-20(36)32-16(28(40)41)7-14-9-29-11-31-14/h5,9,11,15-16,19,23-25,27,33-34,37-39H,3-4,6-8,10H2,1-2H3,(H,29,31)(H,32,36)(H,40,41). The maximum absolute atomic E-state index is 13.2. The number of fused-ring (bicyclic) bond motifs is 1. The number of aliphatic hydroxyl groups excluding tert-OH is 4. The van der Waals surface area contributed by atoms with Crippen LogP contribution in [-0.4, -0.2) is 114 Å². The van der Waals surface area contributed by atoms with Gasteiger partial charge in [0.15, 0.2) is 5.78 Å². The van der Waals surface area contributed by atoms with Gasteiger partial charge in [0.25, 0.3) is 0 Å². The van der Waals surface area contributed by atoms with Crippen molar-refractivity contribution in [1.29, 1.82) is 0 Å². The summed E-state index contributed by atoms with van der Waals surface area (Å²) in [5.41, 5.74) is 1.61. The molecule has 1 aromatic carbocycles. The van der Waals surface area contributed by atoms with Crippen molar-refractivity contribution in [3.05, 3.63) is 41.0 Å². The summed E-state index contributed by atoms with van der Waals surface area (Å²) < 4.78 is 11.8. The summed E-state index contributed by atoms with van der Waals surface area (Å²) in [5.74, 6) is -2.38. The van der Waals surface area contributed by atoms with Crippen LogP contribution < -0.4 is 10.1 Å². The Morgan fingerprint density at radius 3 is 2.63 bits per heavy atom. The van der Waals surface area contributed by atoms with Gasteiger partial charge in [-0.3, -0.25) is 14.6 Å². The van der Waals surface area contributed by atoms with Crippen LogP contribution >= 0.6 is 0 Å². The minimum absolute atomic E-state index is 0.0199. The quantitative estimate of drug-likeness (QED) is 0.149. The average Bonchev–Trinajstić information content (AvgIpc) is 3.45. The topological polar surface area (TPSA) is 244 Å². The van der Waals surface area contributed by atoms with E-state index in [1.54, 1.807) is 13.8 Å². The number of hydrogen-bond acceptors (Lipinski definition) is 12. The number of Topliss-reactive ketones (excluding diaryl/α,β-unsaturated/α-hetero) is 1. The van der Waals surface area contributed by atoms with Crippen LogP contribution in [0.4, 0.5) is 0 Å². The van der Waals surface area contributed by atoms with E-state index in [0.29, 0.717) is 17.0 Å². The smallest absolute Gasteiger partial charge is 0.326 e. The normalized spacial score (nSPS) is 26.4. The maximum Gasteiger partial charge on any atom is 0.326 e. The number of amides is 1. The molecule has 8 N–H and O–H groups in total. The van der Waals surface area contributed by atoms with Crippen LogP contribution in [0.1, 0.15) is 59.5 Å². The molecule has 3 heterocycles. The number of phenols is 1. The van der Waals surface area contributed by atoms with Gasteiger partial charge < -0.3 is 50.4 Å². The van der Waals surface area contributed by atoms with Gasteiger partial charge in [-0.15, -0.1) is 0 Å². The Morgan fingerprint density at radius 1 is 1.23 bits per heavy atom. The molecule has 0 spiro atoms. The number of aryl methyl sites for hydroxylation is 1. The van der Waals surface area contributed by atoms with Crippen LogP contribution in [0.5, 0.6) is 11.5 Å². The number of aliphatic carboxylic acids is 1. The number of ketones is 1. The second kappa shape index (κ2) is 13.6. The van der Waals surface area contributed by atoms with Crippen LogP contribution in [0.25, 0.3) is 0 Å². The lowest BCUT2D eigenvalue weighted by atomic mass is 9.86. The lowest BCUT2D eigenvalue weighted by molar-refractivity contribution is -0.232. The number of phenolic OH excluding ortho intramolecular Hbond substituents is 1. The first-order valence-corrected chi connectivity index (χ1v) is 13.8. The zero-order valence-corrected chi connectivity index (χ0v) is 23.6. The van der Waals surface area contributed by atoms with E-state index in [1.165, 1.54) is 18.6 Å². The highest BCUT2D eigenvalue weighted by atomic mass is 16.5. The number of imidazole rings is 1. The molecule has 7 atom stereocenters. The summed E-state index contributed by atoms with van der Waals surface area (Å²) in [5, 5.41) is 63.5. The number of benzene rings is 1. The first-order valence-electron chi connectivity index (χ1n) is 13.8. The molecule has 1 saturated heterocycles. The Hall–Kier alpha value is -3.89. The van der Waals surface area contributed by atoms with E-state index in [2.05, 4.69) is 20.3 Å². The number of nitrogens with zero attached hydrogens (tertiary/aromatic N) is 2. The van der Waals surface area contributed by atoms with E-state index in [4.69, 9.17) is 9.47 Å². The van der Waals surface area contributed by atoms with Crippen LogP contribution in [0, 0.1) is 6.92 Å². The van der Waals surface area contributed by atoms with Gasteiger partial charge in [-0.2, -0.15) is 0 Å². The van der Waals surface area contributed by atoms with Crippen LogP contribution in [0.15, 0.2) is 23.6 Å². The Balaban J connectivity index is 1.44. The number of H-pyrrole nitrogens is 1. The van der Waals surface area contributed by atoms with E-state index < -0.39 is 61.1 Å². The molecule has 1 amide bonds. The first kappa shape index (κ1) is 32.0. The summed E-state index contributed by atoms with van der Waals surface area (Å²) in [4.78, 5) is 48.1. The number of aromatic hydroxyl groups is 1. The van der Waals surface area contributed by atoms with E-state index in [-0.39, 0.29) is 60.6 Å². The molecular formula is C28H36N4O11. The van der Waals surface area contributed by atoms with Gasteiger partial charge in [0, 0.05) is 49.8 Å². The minimum atomic E-state index is -1.70. The van der Waals surface area contributed by atoms with Crippen molar-refractivity contribution in [3.63, 3.8) is 0 Å². The van der Waals surface area contributed by atoms with Crippen molar-refractivity contribution in [2.24, 2.45) is 4.99 Å². The lowest BCUT2D eigenvalue weighted by Gasteiger charge is -2.41. The third-order valence-corrected chi connectivity index (χ3v) is 7.50. The number of ether oxygens (including phenoxy) is 2. The summed E-state index contributed by atoms with van der Waals surface area (Å²) in [6, 6.07) is 0.177. The largest absolute Gasteiger partial charge is 0.507 e. The number of carboxylic acids is 1. The molecule has 234 valence electrons. The number of aliphatic imine (C=N–C) groups is 1. The zero-order chi connectivity index (χ0) is 31.4. The number of aliphatic hydroxyl groups is 4. The summed E-state index contributed by atoms with van der Waals surface area (Å²) in [7, 11) is 0. The SMILES string of the molecule is CC(CC1CC(=O)c2c(C)cc(O)c(C3OC(CO)C(O)C(O)C3O)c2O1)=NCCC(=O)NC(Cc1cnc[nH]1)C(=O)O. The molecule has 0 radical (unpaired) electrons. The van der Waals surface area contributed by atoms with Crippen LogP contribution in [0.3, 0.4) is 0 Å². The van der Waals surface area contributed by atoms with Gasteiger partial charge in [0.05, 0.1) is 24.1 Å². The van der Waals surface area contributed by atoms with Crippen molar-refractivity contribution in [1.82, 2.24) is 15.3 Å². The summed E-state index contributed by atoms with van der Waals surface area (Å²) >= 11 is 0. The molecule has 0 aliphatic carbocycles. The highest BCUT2D eigenvalue weighted by molar-refractivity contribution is 6.02. The molecule has 4 rings (SSSR count).